The lowest BCUT2D eigenvalue weighted by Crippen LogP contribution is -2.34. The molecule has 1 aromatic rings. The van der Waals surface area contributed by atoms with Crippen LogP contribution in [0.5, 0.6) is 5.75 Å². The van der Waals surface area contributed by atoms with Crippen LogP contribution in [0.3, 0.4) is 0 Å². The molecule has 0 aliphatic heterocycles. The molecule has 0 unspecified atom stereocenters. The number of nitrogens with one attached hydrogen (secondary N) is 2. The Morgan fingerprint density at radius 2 is 2.11 bits per heavy atom. The van der Waals surface area contributed by atoms with Gasteiger partial charge in [-0.2, -0.15) is 0 Å². The minimum atomic E-state index is -3.33. The third-order valence-electron chi connectivity index (χ3n) is 2.13. The summed E-state index contributed by atoms with van der Waals surface area (Å²) in [7, 11) is -3.33. The van der Waals surface area contributed by atoms with Crippen molar-refractivity contribution in [3.05, 3.63) is 29.8 Å². The molecule has 0 fully saturated rings. The van der Waals surface area contributed by atoms with Crippen LogP contribution in [-0.2, 0) is 10.0 Å². The molecule has 0 saturated carbocycles. The number of rotatable bonds is 6. The van der Waals surface area contributed by atoms with E-state index in [-0.39, 0.29) is 23.6 Å². The quantitative estimate of drug-likeness (QED) is 0.682. The molecule has 0 saturated heterocycles. The summed E-state index contributed by atoms with van der Waals surface area (Å²) in [4.78, 5) is 11.6. The van der Waals surface area contributed by atoms with Crippen LogP contribution in [0.25, 0.3) is 0 Å². The molecule has 7 heteroatoms. The minimum Gasteiger partial charge on any atom is -0.508 e. The first-order valence-electron chi connectivity index (χ1n) is 5.49. The maximum absolute atomic E-state index is 11.6. The molecule has 0 aliphatic carbocycles. The summed E-state index contributed by atoms with van der Waals surface area (Å²) in [6, 6.07) is 5.84. The average Bonchev–Trinajstić information content (AvgIpc) is 2.28. The number of benzene rings is 1. The lowest BCUT2D eigenvalue weighted by molar-refractivity contribution is 0.0955. The third-order valence-corrected chi connectivity index (χ3v) is 3.60. The van der Waals surface area contributed by atoms with Crippen LogP contribution in [0.4, 0.5) is 0 Å². The lowest BCUT2D eigenvalue weighted by atomic mass is 10.2. The standard InChI is InChI=1S/C11H16N2O4S/c1-2-13-18(16,17)7-6-12-11(15)9-4-3-5-10(14)8-9/h3-5,8,13-14H,2,6-7H2,1H3,(H,12,15). The van der Waals surface area contributed by atoms with Gasteiger partial charge in [-0.1, -0.05) is 13.0 Å². The second-order valence-corrected chi connectivity index (χ2v) is 5.55. The molecule has 0 spiro atoms. The summed E-state index contributed by atoms with van der Waals surface area (Å²) in [5.74, 6) is -0.605. The number of carbonyl (C=O) groups is 1. The van der Waals surface area contributed by atoms with Gasteiger partial charge in [-0.3, -0.25) is 4.79 Å². The zero-order chi connectivity index (χ0) is 13.6. The first kappa shape index (κ1) is 14.5. The molecule has 0 aromatic heterocycles. The number of amides is 1. The van der Waals surface area contributed by atoms with E-state index in [2.05, 4.69) is 10.0 Å². The van der Waals surface area contributed by atoms with E-state index in [9.17, 15) is 18.3 Å². The molecule has 3 N–H and O–H groups in total. The van der Waals surface area contributed by atoms with Crippen LogP contribution in [0.2, 0.25) is 0 Å². The summed E-state index contributed by atoms with van der Waals surface area (Å²) < 4.78 is 24.9. The van der Waals surface area contributed by atoms with Gasteiger partial charge in [0.15, 0.2) is 0 Å². The van der Waals surface area contributed by atoms with Gasteiger partial charge >= 0.3 is 0 Å². The Morgan fingerprint density at radius 3 is 2.72 bits per heavy atom. The number of sulfonamides is 1. The van der Waals surface area contributed by atoms with Gasteiger partial charge in [0.25, 0.3) is 5.91 Å². The highest BCUT2D eigenvalue weighted by molar-refractivity contribution is 7.89. The summed E-state index contributed by atoms with van der Waals surface area (Å²) in [5, 5.41) is 11.7. The van der Waals surface area contributed by atoms with Crippen LogP contribution in [0, 0.1) is 0 Å². The van der Waals surface area contributed by atoms with Gasteiger partial charge in [0.05, 0.1) is 5.75 Å². The van der Waals surface area contributed by atoms with Gasteiger partial charge in [0.1, 0.15) is 5.75 Å². The van der Waals surface area contributed by atoms with Crippen molar-refractivity contribution in [2.75, 3.05) is 18.8 Å². The lowest BCUT2D eigenvalue weighted by Gasteiger charge is -2.06. The Bertz CT molecular complexity index is 514. The summed E-state index contributed by atoms with van der Waals surface area (Å²) in [6.07, 6.45) is 0. The fourth-order valence-electron chi connectivity index (χ4n) is 1.34. The highest BCUT2D eigenvalue weighted by Gasteiger charge is 2.10. The van der Waals surface area contributed by atoms with Crippen molar-refractivity contribution in [1.82, 2.24) is 10.0 Å². The van der Waals surface area contributed by atoms with Crippen LogP contribution in [-0.4, -0.2) is 38.3 Å². The molecule has 0 heterocycles. The van der Waals surface area contributed by atoms with Crippen LogP contribution in [0.15, 0.2) is 24.3 Å². The van der Waals surface area contributed by atoms with Gasteiger partial charge in [-0.05, 0) is 18.2 Å². The first-order chi connectivity index (χ1) is 8.44. The number of phenolic OH excluding ortho intramolecular Hbond substituents is 1. The van der Waals surface area contributed by atoms with Crippen molar-refractivity contribution in [3.63, 3.8) is 0 Å². The smallest absolute Gasteiger partial charge is 0.251 e. The van der Waals surface area contributed by atoms with Gasteiger partial charge in [0, 0.05) is 18.7 Å². The molecule has 0 radical (unpaired) electrons. The molecule has 1 aromatic carbocycles. The predicted octanol–water partition coefficient (Wildman–Crippen LogP) is 0.0613. The number of phenols is 1. The molecular formula is C11H16N2O4S. The minimum absolute atomic E-state index is 0.0112. The summed E-state index contributed by atoms with van der Waals surface area (Å²) in [5.41, 5.74) is 0.288. The normalized spacial score (nSPS) is 11.2. The molecule has 18 heavy (non-hydrogen) atoms. The van der Waals surface area contributed by atoms with Gasteiger partial charge < -0.3 is 10.4 Å². The molecule has 0 aliphatic rings. The van der Waals surface area contributed by atoms with Crippen molar-refractivity contribution >= 4 is 15.9 Å². The van der Waals surface area contributed by atoms with Gasteiger partial charge in [-0.15, -0.1) is 0 Å². The molecule has 0 atom stereocenters. The van der Waals surface area contributed by atoms with E-state index in [1.165, 1.54) is 18.2 Å². The van der Waals surface area contributed by atoms with Crippen molar-refractivity contribution in [2.24, 2.45) is 0 Å². The molecule has 1 rings (SSSR count). The van der Waals surface area contributed by atoms with Crippen molar-refractivity contribution in [3.8, 4) is 5.75 Å². The number of hydrogen-bond acceptors (Lipinski definition) is 4. The average molecular weight is 272 g/mol. The maximum atomic E-state index is 11.6. The van der Waals surface area contributed by atoms with E-state index < -0.39 is 15.9 Å². The van der Waals surface area contributed by atoms with Crippen molar-refractivity contribution < 1.29 is 18.3 Å². The SMILES string of the molecule is CCNS(=O)(=O)CCNC(=O)c1cccc(O)c1. The number of hydrogen-bond donors (Lipinski definition) is 3. The van der Waals surface area contributed by atoms with Crippen molar-refractivity contribution in [2.45, 2.75) is 6.92 Å². The Labute approximate surface area is 106 Å². The third kappa shape index (κ3) is 4.72. The Balaban J connectivity index is 2.48. The monoisotopic (exact) mass is 272 g/mol. The number of aromatic hydroxyl groups is 1. The van der Waals surface area contributed by atoms with E-state index in [1.807, 2.05) is 0 Å². The van der Waals surface area contributed by atoms with Gasteiger partial charge in [-0.25, -0.2) is 13.1 Å². The van der Waals surface area contributed by atoms with E-state index in [0.29, 0.717) is 6.54 Å². The van der Waals surface area contributed by atoms with E-state index >= 15 is 0 Å². The summed E-state index contributed by atoms with van der Waals surface area (Å²) in [6.45, 7) is 2.02. The fourth-order valence-corrected chi connectivity index (χ4v) is 2.30. The first-order valence-corrected chi connectivity index (χ1v) is 7.14. The summed E-state index contributed by atoms with van der Waals surface area (Å²) >= 11 is 0. The van der Waals surface area contributed by atoms with Gasteiger partial charge in [0.2, 0.25) is 10.0 Å². The predicted molar refractivity (Wildman–Crippen MR) is 67.9 cm³/mol. The zero-order valence-electron chi connectivity index (χ0n) is 10.0. The second kappa shape index (κ2) is 6.36. The van der Waals surface area contributed by atoms with Crippen LogP contribution >= 0.6 is 0 Å². The Morgan fingerprint density at radius 1 is 1.39 bits per heavy atom. The largest absolute Gasteiger partial charge is 0.508 e. The van der Waals surface area contributed by atoms with Crippen molar-refractivity contribution in [1.29, 1.82) is 0 Å². The molecule has 6 nitrogen and oxygen atoms in total. The highest BCUT2D eigenvalue weighted by atomic mass is 32.2. The Kier molecular flexibility index (Phi) is 5.11. The van der Waals surface area contributed by atoms with E-state index in [4.69, 9.17) is 0 Å². The number of carbonyl (C=O) groups excluding carboxylic acids is 1. The van der Waals surface area contributed by atoms with Crippen LogP contribution in [0.1, 0.15) is 17.3 Å². The zero-order valence-corrected chi connectivity index (χ0v) is 10.8. The molecule has 1 amide bonds. The highest BCUT2D eigenvalue weighted by Crippen LogP contribution is 2.10. The maximum Gasteiger partial charge on any atom is 0.251 e. The topological polar surface area (TPSA) is 95.5 Å². The molecule has 0 bridgehead atoms. The molecule has 100 valence electrons. The van der Waals surface area contributed by atoms with Crippen LogP contribution < -0.4 is 10.0 Å². The fraction of sp³-hybridized carbons (Fsp3) is 0.364. The van der Waals surface area contributed by atoms with E-state index in [0.717, 1.165) is 0 Å². The Hall–Kier alpha value is -1.60. The van der Waals surface area contributed by atoms with E-state index in [1.54, 1.807) is 13.0 Å². The second-order valence-electron chi connectivity index (χ2n) is 3.62. The molecular weight excluding hydrogens is 256 g/mol.